The third-order valence-corrected chi connectivity index (χ3v) is 3.67. The number of aryl methyl sites for hydroxylation is 1. The molecule has 0 aliphatic heterocycles. The topological polar surface area (TPSA) is 64.7 Å². The van der Waals surface area contributed by atoms with Crippen molar-refractivity contribution in [2.45, 2.75) is 19.3 Å². The molecule has 136 valence electrons. The normalized spacial score (nSPS) is 11.5. The van der Waals surface area contributed by atoms with Gasteiger partial charge in [0.05, 0.1) is 18.3 Å². The second-order valence-corrected chi connectivity index (χ2v) is 5.78. The van der Waals surface area contributed by atoms with Gasteiger partial charge >= 0.3 is 6.18 Å². The molecule has 6 nitrogen and oxygen atoms in total. The van der Waals surface area contributed by atoms with Crippen molar-refractivity contribution in [3.8, 4) is 0 Å². The maximum absolute atomic E-state index is 12.9. The summed E-state index contributed by atoms with van der Waals surface area (Å²) in [5, 5.41) is 9.99. The lowest BCUT2D eigenvalue weighted by Crippen LogP contribution is -2.25. The first kappa shape index (κ1) is 17.7. The number of nitrogens with zero attached hydrogens (tertiary/aromatic N) is 4. The van der Waals surface area contributed by atoms with Crippen LogP contribution >= 0.6 is 0 Å². The highest BCUT2D eigenvalue weighted by molar-refractivity contribution is 5.95. The highest BCUT2D eigenvalue weighted by Gasteiger charge is 2.38. The van der Waals surface area contributed by atoms with Crippen molar-refractivity contribution in [3.05, 3.63) is 71.3 Å². The molecule has 0 saturated heterocycles. The standard InChI is InChI=1S/C17H16F3N5O/c1-24-11-14(15(23-24)17(18,19)20)16(26)21-7-13-8-22-25(10-13)9-12-5-3-2-4-6-12/h2-6,8,10-11H,7,9H2,1H3,(H,21,26). The Morgan fingerprint density at radius 1 is 1.15 bits per heavy atom. The Kier molecular flexibility index (Phi) is 4.79. The molecule has 0 atom stereocenters. The third-order valence-electron chi connectivity index (χ3n) is 3.67. The maximum atomic E-state index is 12.9. The Morgan fingerprint density at radius 2 is 1.88 bits per heavy atom. The summed E-state index contributed by atoms with van der Waals surface area (Å²) in [6.07, 6.45) is -0.330. The van der Waals surface area contributed by atoms with Gasteiger partial charge in [-0.3, -0.25) is 14.2 Å². The van der Waals surface area contributed by atoms with Crippen LogP contribution in [-0.2, 0) is 26.3 Å². The van der Waals surface area contributed by atoms with Gasteiger partial charge in [0.2, 0.25) is 0 Å². The molecule has 0 aliphatic rings. The largest absolute Gasteiger partial charge is 0.435 e. The number of hydrogen-bond donors (Lipinski definition) is 1. The monoisotopic (exact) mass is 363 g/mol. The van der Waals surface area contributed by atoms with Gasteiger partial charge in [0.25, 0.3) is 5.91 Å². The summed E-state index contributed by atoms with van der Waals surface area (Å²) in [4.78, 5) is 12.1. The van der Waals surface area contributed by atoms with E-state index in [1.165, 1.54) is 7.05 Å². The van der Waals surface area contributed by atoms with Crippen molar-refractivity contribution >= 4 is 5.91 Å². The first-order valence-electron chi connectivity index (χ1n) is 7.77. The number of carbonyl (C=O) groups excluding carboxylic acids is 1. The number of rotatable bonds is 5. The minimum atomic E-state index is -4.69. The minimum absolute atomic E-state index is 0.0693. The molecule has 2 aromatic heterocycles. The van der Waals surface area contributed by atoms with Crippen molar-refractivity contribution in [3.63, 3.8) is 0 Å². The van der Waals surface area contributed by atoms with Crippen LogP contribution < -0.4 is 5.32 Å². The van der Waals surface area contributed by atoms with Crippen LogP contribution in [0.4, 0.5) is 13.2 Å². The molecule has 0 spiro atoms. The summed E-state index contributed by atoms with van der Waals surface area (Å²) in [6.45, 7) is 0.634. The molecule has 0 fully saturated rings. The molecular formula is C17H16F3N5O. The first-order valence-corrected chi connectivity index (χ1v) is 7.77. The van der Waals surface area contributed by atoms with E-state index >= 15 is 0 Å². The van der Waals surface area contributed by atoms with Crippen LogP contribution in [0.3, 0.4) is 0 Å². The zero-order chi connectivity index (χ0) is 18.7. The molecule has 2 heterocycles. The van der Waals surface area contributed by atoms with Crippen molar-refractivity contribution in [2.24, 2.45) is 7.05 Å². The van der Waals surface area contributed by atoms with E-state index in [2.05, 4.69) is 15.5 Å². The number of halogens is 3. The predicted octanol–water partition coefficient (Wildman–Crippen LogP) is 2.61. The van der Waals surface area contributed by atoms with Crippen LogP contribution in [0.5, 0.6) is 0 Å². The van der Waals surface area contributed by atoms with Gasteiger partial charge in [-0.05, 0) is 5.56 Å². The SMILES string of the molecule is Cn1cc(C(=O)NCc2cnn(Cc3ccccc3)c2)c(C(F)(F)F)n1. The fourth-order valence-corrected chi connectivity index (χ4v) is 2.50. The van der Waals surface area contributed by atoms with Gasteiger partial charge < -0.3 is 5.32 Å². The number of aromatic nitrogens is 4. The number of nitrogens with one attached hydrogen (secondary N) is 1. The van der Waals surface area contributed by atoms with Crippen molar-refractivity contribution in [1.82, 2.24) is 24.9 Å². The smallest absolute Gasteiger partial charge is 0.348 e. The number of alkyl halides is 3. The minimum Gasteiger partial charge on any atom is -0.348 e. The average molecular weight is 363 g/mol. The zero-order valence-electron chi connectivity index (χ0n) is 13.9. The quantitative estimate of drug-likeness (QED) is 0.758. The summed E-state index contributed by atoms with van der Waals surface area (Å²) in [5.41, 5.74) is 0.0528. The molecule has 0 unspecified atom stereocenters. The molecule has 0 saturated carbocycles. The van der Waals surface area contributed by atoms with E-state index in [1.54, 1.807) is 17.1 Å². The second kappa shape index (κ2) is 7.03. The van der Waals surface area contributed by atoms with E-state index in [1.807, 2.05) is 30.3 Å². The van der Waals surface area contributed by atoms with Crippen LogP contribution in [0.25, 0.3) is 0 Å². The van der Waals surface area contributed by atoms with Gasteiger partial charge in [-0.15, -0.1) is 0 Å². The van der Waals surface area contributed by atoms with Gasteiger partial charge in [-0.1, -0.05) is 30.3 Å². The van der Waals surface area contributed by atoms with Crippen LogP contribution in [0, 0.1) is 0 Å². The fraction of sp³-hybridized carbons (Fsp3) is 0.235. The number of carbonyl (C=O) groups is 1. The molecular weight excluding hydrogens is 347 g/mol. The molecule has 0 aliphatic carbocycles. The van der Waals surface area contributed by atoms with Crippen molar-refractivity contribution in [1.29, 1.82) is 0 Å². The zero-order valence-corrected chi connectivity index (χ0v) is 13.9. The lowest BCUT2D eigenvalue weighted by molar-refractivity contribution is -0.141. The average Bonchev–Trinajstić information content (AvgIpc) is 3.20. The van der Waals surface area contributed by atoms with E-state index in [0.29, 0.717) is 12.1 Å². The Balaban J connectivity index is 1.64. The molecule has 0 radical (unpaired) electrons. The highest BCUT2D eigenvalue weighted by Crippen LogP contribution is 2.30. The van der Waals surface area contributed by atoms with Gasteiger partial charge in [0.1, 0.15) is 0 Å². The first-order chi connectivity index (χ1) is 12.3. The maximum Gasteiger partial charge on any atom is 0.435 e. The van der Waals surface area contributed by atoms with E-state index < -0.39 is 23.3 Å². The molecule has 1 amide bonds. The van der Waals surface area contributed by atoms with Crippen LogP contribution in [0.2, 0.25) is 0 Å². The fourth-order valence-electron chi connectivity index (χ4n) is 2.50. The summed E-state index contributed by atoms with van der Waals surface area (Å²) in [6, 6.07) is 9.69. The molecule has 26 heavy (non-hydrogen) atoms. The van der Waals surface area contributed by atoms with Gasteiger partial charge in [0.15, 0.2) is 5.69 Å². The lowest BCUT2D eigenvalue weighted by atomic mass is 10.2. The van der Waals surface area contributed by atoms with Gasteiger partial charge in [-0.25, -0.2) is 0 Å². The number of amides is 1. The predicted molar refractivity (Wildman–Crippen MR) is 87.2 cm³/mol. The Morgan fingerprint density at radius 3 is 2.58 bits per heavy atom. The Bertz CT molecular complexity index is 899. The molecule has 1 N–H and O–H groups in total. The van der Waals surface area contributed by atoms with E-state index in [-0.39, 0.29) is 6.54 Å². The molecule has 3 aromatic rings. The summed E-state index contributed by atoms with van der Waals surface area (Å²) in [7, 11) is 1.33. The van der Waals surface area contributed by atoms with Crippen LogP contribution in [-0.4, -0.2) is 25.5 Å². The summed E-state index contributed by atoms with van der Waals surface area (Å²) < 4.78 is 41.4. The van der Waals surface area contributed by atoms with Gasteiger partial charge in [-0.2, -0.15) is 23.4 Å². The molecule has 1 aromatic carbocycles. The van der Waals surface area contributed by atoms with Crippen molar-refractivity contribution < 1.29 is 18.0 Å². The highest BCUT2D eigenvalue weighted by atomic mass is 19.4. The summed E-state index contributed by atoms with van der Waals surface area (Å²) >= 11 is 0. The van der Waals surface area contributed by atoms with Crippen LogP contribution in [0.1, 0.15) is 27.2 Å². The van der Waals surface area contributed by atoms with E-state index in [9.17, 15) is 18.0 Å². The summed E-state index contributed by atoms with van der Waals surface area (Å²) in [5.74, 6) is -0.832. The number of benzene rings is 1. The van der Waals surface area contributed by atoms with E-state index in [4.69, 9.17) is 0 Å². The molecule has 9 heteroatoms. The van der Waals surface area contributed by atoms with Crippen molar-refractivity contribution in [2.75, 3.05) is 0 Å². The molecule has 0 bridgehead atoms. The van der Waals surface area contributed by atoms with Crippen LogP contribution in [0.15, 0.2) is 48.9 Å². The van der Waals surface area contributed by atoms with Gasteiger partial charge in [0, 0.05) is 31.5 Å². The molecule has 3 rings (SSSR count). The Hall–Kier alpha value is -3.10. The van der Waals surface area contributed by atoms with E-state index in [0.717, 1.165) is 16.4 Å². The Labute approximate surface area is 147 Å². The third kappa shape index (κ3) is 4.11. The number of hydrogen-bond acceptors (Lipinski definition) is 3. The lowest BCUT2D eigenvalue weighted by Gasteiger charge is -2.06. The second-order valence-electron chi connectivity index (χ2n) is 5.78.